The number of carbonyl (C=O) groups excluding carboxylic acids is 1. The molecule has 0 aliphatic rings. The topological polar surface area (TPSA) is 96.3 Å². The molecule has 0 aliphatic heterocycles. The van der Waals surface area contributed by atoms with Crippen molar-refractivity contribution in [3.63, 3.8) is 0 Å². The van der Waals surface area contributed by atoms with Crippen molar-refractivity contribution >= 4 is 16.0 Å². The number of nitrogens with one attached hydrogen (secondary N) is 1. The van der Waals surface area contributed by atoms with Crippen molar-refractivity contribution in [2.75, 3.05) is 0 Å². The van der Waals surface area contributed by atoms with Crippen LogP contribution in [-0.2, 0) is 26.2 Å². The number of rotatable bonds is 7. The molecular weight excluding hydrogens is 376 g/mol. The number of nitriles is 1. The highest BCUT2D eigenvalue weighted by molar-refractivity contribution is 7.89. The molecule has 6 nitrogen and oxygen atoms in total. The molecule has 0 saturated heterocycles. The first-order valence-corrected chi connectivity index (χ1v) is 10.4. The zero-order valence-electron chi connectivity index (χ0n) is 16.4. The molecule has 0 fully saturated rings. The van der Waals surface area contributed by atoms with Crippen LogP contribution in [0.4, 0.5) is 0 Å². The first-order chi connectivity index (χ1) is 13.1. The lowest BCUT2D eigenvalue weighted by atomic mass is 10.1. The van der Waals surface area contributed by atoms with Gasteiger partial charge in [-0.2, -0.15) is 9.98 Å². The van der Waals surface area contributed by atoms with Gasteiger partial charge >= 0.3 is 5.97 Å². The molecule has 2 rings (SSSR count). The van der Waals surface area contributed by atoms with Gasteiger partial charge in [0.25, 0.3) is 0 Å². The first-order valence-electron chi connectivity index (χ1n) is 8.89. The fraction of sp³-hybridized carbons (Fsp3) is 0.333. The van der Waals surface area contributed by atoms with E-state index in [0.717, 1.165) is 11.1 Å². The van der Waals surface area contributed by atoms with Crippen LogP contribution in [0.15, 0.2) is 47.4 Å². The SMILES string of the molecule is Cc1ccc(S(=O)(=O)N[C@H](C(=O)OCc2ccc(C#N)cc2)C(C)C)cc1C. The Bertz CT molecular complexity index is 990. The predicted molar refractivity (Wildman–Crippen MR) is 106 cm³/mol. The maximum atomic E-state index is 12.7. The minimum absolute atomic E-state index is 0.000864. The van der Waals surface area contributed by atoms with Gasteiger partial charge in [-0.25, -0.2) is 8.42 Å². The summed E-state index contributed by atoms with van der Waals surface area (Å²) in [6.07, 6.45) is 0. The Morgan fingerprint density at radius 3 is 2.29 bits per heavy atom. The number of hydrogen-bond acceptors (Lipinski definition) is 5. The molecule has 0 spiro atoms. The van der Waals surface area contributed by atoms with Crippen molar-refractivity contribution in [2.45, 2.75) is 45.2 Å². The summed E-state index contributed by atoms with van der Waals surface area (Å²) in [7, 11) is -3.87. The van der Waals surface area contributed by atoms with Crippen LogP contribution in [0.3, 0.4) is 0 Å². The highest BCUT2D eigenvalue weighted by Gasteiger charge is 2.29. The molecule has 2 aromatic carbocycles. The molecule has 2 aromatic rings. The predicted octanol–water partition coefficient (Wildman–Crippen LogP) is 3.22. The molecule has 28 heavy (non-hydrogen) atoms. The number of nitrogens with zero attached hydrogens (tertiary/aromatic N) is 1. The Balaban J connectivity index is 2.11. The summed E-state index contributed by atoms with van der Waals surface area (Å²) >= 11 is 0. The highest BCUT2D eigenvalue weighted by atomic mass is 32.2. The lowest BCUT2D eigenvalue weighted by molar-refractivity contribution is -0.148. The summed E-state index contributed by atoms with van der Waals surface area (Å²) in [5.74, 6) is -0.943. The molecule has 0 aromatic heterocycles. The summed E-state index contributed by atoms with van der Waals surface area (Å²) in [4.78, 5) is 12.6. The molecule has 0 aliphatic carbocycles. The number of ether oxygens (including phenoxy) is 1. The standard InChI is InChI=1S/C21H24N2O4S/c1-14(2)20(21(24)27-13-18-8-6-17(12-22)7-9-18)23-28(25,26)19-10-5-15(3)16(4)11-19/h5-11,14,20,23H,13H2,1-4H3/t20-/m0/s1. The van der Waals surface area contributed by atoms with E-state index >= 15 is 0 Å². The van der Waals surface area contributed by atoms with Gasteiger partial charge < -0.3 is 4.74 Å². The van der Waals surface area contributed by atoms with E-state index in [4.69, 9.17) is 10.00 Å². The van der Waals surface area contributed by atoms with Crippen LogP contribution in [0.5, 0.6) is 0 Å². The third-order valence-corrected chi connectivity index (χ3v) is 5.89. The number of aryl methyl sites for hydroxylation is 2. The van der Waals surface area contributed by atoms with Crippen LogP contribution in [0.1, 0.15) is 36.1 Å². The third kappa shape index (κ3) is 5.41. The molecule has 0 heterocycles. The molecule has 0 saturated carbocycles. The molecule has 0 unspecified atom stereocenters. The van der Waals surface area contributed by atoms with E-state index < -0.39 is 22.0 Å². The molecule has 0 bridgehead atoms. The number of esters is 1. The van der Waals surface area contributed by atoms with Crippen molar-refractivity contribution in [3.05, 3.63) is 64.7 Å². The van der Waals surface area contributed by atoms with Gasteiger partial charge in [0.15, 0.2) is 0 Å². The van der Waals surface area contributed by atoms with E-state index in [2.05, 4.69) is 4.72 Å². The van der Waals surface area contributed by atoms with Crippen LogP contribution < -0.4 is 4.72 Å². The van der Waals surface area contributed by atoms with Gasteiger partial charge in [-0.05, 0) is 60.7 Å². The van der Waals surface area contributed by atoms with Gasteiger partial charge in [-0.1, -0.05) is 32.0 Å². The Labute approximate surface area is 166 Å². The maximum Gasteiger partial charge on any atom is 0.324 e. The average Bonchev–Trinajstić information content (AvgIpc) is 2.66. The lowest BCUT2D eigenvalue weighted by Crippen LogP contribution is -2.45. The van der Waals surface area contributed by atoms with Crippen molar-refractivity contribution in [1.82, 2.24) is 4.72 Å². The quantitative estimate of drug-likeness (QED) is 0.720. The van der Waals surface area contributed by atoms with Crippen LogP contribution >= 0.6 is 0 Å². The number of sulfonamides is 1. The summed E-state index contributed by atoms with van der Waals surface area (Å²) in [5, 5.41) is 8.81. The van der Waals surface area contributed by atoms with Gasteiger partial charge in [-0.3, -0.25) is 4.79 Å². The van der Waals surface area contributed by atoms with Gasteiger partial charge in [-0.15, -0.1) is 0 Å². The van der Waals surface area contributed by atoms with Crippen LogP contribution in [-0.4, -0.2) is 20.4 Å². The Morgan fingerprint density at radius 1 is 1.11 bits per heavy atom. The van der Waals surface area contributed by atoms with Crippen LogP contribution in [0.2, 0.25) is 0 Å². The zero-order valence-corrected chi connectivity index (χ0v) is 17.2. The van der Waals surface area contributed by atoms with Crippen molar-refractivity contribution < 1.29 is 17.9 Å². The van der Waals surface area contributed by atoms with Gasteiger partial charge in [0.2, 0.25) is 10.0 Å². The summed E-state index contributed by atoms with van der Waals surface area (Å²) in [5.41, 5.74) is 3.07. The fourth-order valence-corrected chi connectivity index (χ4v) is 3.91. The molecule has 1 atom stereocenters. The van der Waals surface area contributed by atoms with Crippen molar-refractivity contribution in [2.24, 2.45) is 5.92 Å². The van der Waals surface area contributed by atoms with Crippen molar-refractivity contribution in [1.29, 1.82) is 5.26 Å². The van der Waals surface area contributed by atoms with Crippen LogP contribution in [0, 0.1) is 31.1 Å². The monoisotopic (exact) mass is 400 g/mol. The number of carbonyl (C=O) groups is 1. The molecule has 1 N–H and O–H groups in total. The molecular formula is C21H24N2O4S. The summed E-state index contributed by atoms with van der Waals surface area (Å²) in [6, 6.07) is 12.5. The highest BCUT2D eigenvalue weighted by Crippen LogP contribution is 2.17. The van der Waals surface area contributed by atoms with Gasteiger partial charge in [0, 0.05) is 0 Å². The smallest absolute Gasteiger partial charge is 0.324 e. The lowest BCUT2D eigenvalue weighted by Gasteiger charge is -2.21. The number of benzene rings is 2. The molecule has 148 valence electrons. The first kappa shape index (κ1) is 21.6. The minimum atomic E-state index is -3.87. The number of hydrogen-bond donors (Lipinski definition) is 1. The van der Waals surface area contributed by atoms with Crippen molar-refractivity contribution in [3.8, 4) is 6.07 Å². The minimum Gasteiger partial charge on any atom is -0.460 e. The zero-order chi connectivity index (χ0) is 20.9. The van der Waals surface area contributed by atoms with Crippen LogP contribution in [0.25, 0.3) is 0 Å². The third-order valence-electron chi connectivity index (χ3n) is 4.46. The molecule has 0 radical (unpaired) electrons. The van der Waals surface area contributed by atoms with E-state index in [1.807, 2.05) is 19.9 Å². The second-order valence-electron chi connectivity index (χ2n) is 7.01. The summed E-state index contributed by atoms with van der Waals surface area (Å²) in [6.45, 7) is 7.23. The van der Waals surface area contributed by atoms with E-state index in [0.29, 0.717) is 11.1 Å². The normalized spacial score (nSPS) is 12.4. The van der Waals surface area contributed by atoms with E-state index in [9.17, 15) is 13.2 Å². The Hall–Kier alpha value is -2.69. The summed E-state index contributed by atoms with van der Waals surface area (Å²) < 4.78 is 33.2. The second-order valence-corrected chi connectivity index (χ2v) is 8.72. The molecule has 0 amide bonds. The van der Waals surface area contributed by atoms with Gasteiger partial charge in [0.05, 0.1) is 16.5 Å². The average molecular weight is 401 g/mol. The van der Waals surface area contributed by atoms with E-state index in [1.165, 1.54) is 6.07 Å². The fourth-order valence-electron chi connectivity index (χ4n) is 2.49. The largest absolute Gasteiger partial charge is 0.460 e. The Morgan fingerprint density at radius 2 is 1.75 bits per heavy atom. The van der Waals surface area contributed by atoms with E-state index in [-0.39, 0.29) is 17.4 Å². The molecule has 7 heteroatoms. The maximum absolute atomic E-state index is 12.7. The van der Waals surface area contributed by atoms with E-state index in [1.54, 1.807) is 50.2 Å². The second kappa shape index (κ2) is 9.00. The Kier molecular flexibility index (Phi) is 6.95. The van der Waals surface area contributed by atoms with Gasteiger partial charge in [0.1, 0.15) is 12.6 Å².